The molecule has 3 unspecified atom stereocenters. The minimum absolute atomic E-state index is 0.805. The van der Waals surface area contributed by atoms with E-state index in [1.54, 1.807) is 0 Å². The molecule has 3 atom stereocenters. The van der Waals surface area contributed by atoms with E-state index in [9.17, 15) is 0 Å². The summed E-state index contributed by atoms with van der Waals surface area (Å²) in [6.45, 7) is 9.25. The van der Waals surface area contributed by atoms with Gasteiger partial charge in [-0.15, -0.1) is 0 Å². The number of rotatable bonds is 6. The van der Waals surface area contributed by atoms with Crippen molar-refractivity contribution in [1.82, 2.24) is 4.90 Å². The maximum Gasteiger partial charge on any atom is 0.0233 e. The second-order valence-electron chi connectivity index (χ2n) is 6.23. The molecule has 1 saturated heterocycles. The Morgan fingerprint density at radius 1 is 1.26 bits per heavy atom. The van der Waals surface area contributed by atoms with Gasteiger partial charge in [-0.3, -0.25) is 4.90 Å². The lowest BCUT2D eigenvalue weighted by atomic mass is 9.83. The van der Waals surface area contributed by atoms with Gasteiger partial charge in [0.05, 0.1) is 0 Å². The van der Waals surface area contributed by atoms with Crippen LogP contribution in [0.15, 0.2) is 30.3 Å². The SMILES string of the molecule is CC(CCCN)C1CN(Cc2ccccc2)CC1C. The summed E-state index contributed by atoms with van der Waals surface area (Å²) in [5.41, 5.74) is 7.06. The van der Waals surface area contributed by atoms with Gasteiger partial charge in [-0.1, -0.05) is 44.2 Å². The highest BCUT2D eigenvalue weighted by molar-refractivity contribution is 5.14. The van der Waals surface area contributed by atoms with Crippen molar-refractivity contribution in [3.63, 3.8) is 0 Å². The molecule has 0 spiro atoms. The number of hydrogen-bond donors (Lipinski definition) is 1. The van der Waals surface area contributed by atoms with E-state index in [1.807, 2.05) is 0 Å². The third-order valence-corrected chi connectivity index (χ3v) is 4.59. The molecule has 2 N–H and O–H groups in total. The lowest BCUT2D eigenvalue weighted by molar-refractivity contribution is 0.273. The van der Waals surface area contributed by atoms with Crippen molar-refractivity contribution >= 4 is 0 Å². The van der Waals surface area contributed by atoms with Gasteiger partial charge in [-0.25, -0.2) is 0 Å². The Hall–Kier alpha value is -0.860. The largest absolute Gasteiger partial charge is 0.330 e. The summed E-state index contributed by atoms with van der Waals surface area (Å²) in [4.78, 5) is 2.61. The molecule has 2 heteroatoms. The van der Waals surface area contributed by atoms with E-state index >= 15 is 0 Å². The molecule has 0 radical (unpaired) electrons. The van der Waals surface area contributed by atoms with Crippen LogP contribution in [0.2, 0.25) is 0 Å². The van der Waals surface area contributed by atoms with Gasteiger partial charge >= 0.3 is 0 Å². The first-order valence-corrected chi connectivity index (χ1v) is 7.67. The van der Waals surface area contributed by atoms with Gasteiger partial charge in [0.25, 0.3) is 0 Å². The summed E-state index contributed by atoms with van der Waals surface area (Å²) in [6.07, 6.45) is 2.45. The van der Waals surface area contributed by atoms with Gasteiger partial charge in [0.15, 0.2) is 0 Å². The van der Waals surface area contributed by atoms with Crippen LogP contribution in [0, 0.1) is 17.8 Å². The van der Waals surface area contributed by atoms with Crippen LogP contribution in [0.1, 0.15) is 32.3 Å². The van der Waals surface area contributed by atoms with Gasteiger partial charge in [0, 0.05) is 19.6 Å². The van der Waals surface area contributed by atoms with E-state index in [0.717, 1.165) is 30.8 Å². The summed E-state index contributed by atoms with van der Waals surface area (Å²) in [5.74, 6) is 2.46. The number of likely N-dealkylation sites (tertiary alicyclic amines) is 1. The van der Waals surface area contributed by atoms with E-state index in [0.29, 0.717) is 0 Å². The summed E-state index contributed by atoms with van der Waals surface area (Å²) < 4.78 is 0. The molecule has 1 aliphatic heterocycles. The van der Waals surface area contributed by atoms with Gasteiger partial charge in [0.1, 0.15) is 0 Å². The first-order valence-electron chi connectivity index (χ1n) is 7.67. The fraction of sp³-hybridized carbons (Fsp3) is 0.647. The van der Waals surface area contributed by atoms with Gasteiger partial charge in [0.2, 0.25) is 0 Å². The third kappa shape index (κ3) is 4.05. The first-order chi connectivity index (χ1) is 9.20. The van der Waals surface area contributed by atoms with Crippen molar-refractivity contribution in [2.24, 2.45) is 23.5 Å². The predicted octanol–water partition coefficient (Wildman–Crippen LogP) is 3.13. The Morgan fingerprint density at radius 3 is 2.68 bits per heavy atom. The molecule has 0 saturated carbocycles. The highest BCUT2D eigenvalue weighted by Gasteiger charge is 2.32. The predicted molar refractivity (Wildman–Crippen MR) is 81.8 cm³/mol. The zero-order valence-electron chi connectivity index (χ0n) is 12.4. The number of nitrogens with zero attached hydrogens (tertiary/aromatic N) is 1. The van der Waals surface area contributed by atoms with E-state index in [1.165, 1.54) is 31.5 Å². The quantitative estimate of drug-likeness (QED) is 0.851. The maximum absolute atomic E-state index is 5.63. The molecule has 2 rings (SSSR count). The van der Waals surface area contributed by atoms with Crippen LogP contribution >= 0.6 is 0 Å². The lowest BCUT2D eigenvalue weighted by Crippen LogP contribution is -2.22. The number of nitrogens with two attached hydrogens (primary N) is 1. The van der Waals surface area contributed by atoms with E-state index < -0.39 is 0 Å². The van der Waals surface area contributed by atoms with Crippen LogP contribution in [-0.4, -0.2) is 24.5 Å². The monoisotopic (exact) mass is 260 g/mol. The average Bonchev–Trinajstić information content (AvgIpc) is 2.78. The molecular formula is C17H28N2. The molecule has 0 bridgehead atoms. The van der Waals surface area contributed by atoms with Crippen LogP contribution in [0.5, 0.6) is 0 Å². The Morgan fingerprint density at radius 2 is 2.00 bits per heavy atom. The molecule has 1 aromatic carbocycles. The van der Waals surface area contributed by atoms with Gasteiger partial charge < -0.3 is 5.73 Å². The summed E-state index contributed by atoms with van der Waals surface area (Å²) in [6, 6.07) is 10.8. The molecule has 1 heterocycles. The summed E-state index contributed by atoms with van der Waals surface area (Å²) >= 11 is 0. The fourth-order valence-corrected chi connectivity index (χ4v) is 3.46. The molecule has 1 fully saturated rings. The van der Waals surface area contributed by atoms with Crippen molar-refractivity contribution in [2.45, 2.75) is 33.2 Å². The Kier molecular flexibility index (Phi) is 5.41. The molecule has 0 aromatic heterocycles. The smallest absolute Gasteiger partial charge is 0.0233 e. The van der Waals surface area contributed by atoms with E-state index in [-0.39, 0.29) is 0 Å². The summed E-state index contributed by atoms with van der Waals surface area (Å²) in [5, 5.41) is 0. The van der Waals surface area contributed by atoms with E-state index in [4.69, 9.17) is 5.73 Å². The van der Waals surface area contributed by atoms with Crippen molar-refractivity contribution in [3.05, 3.63) is 35.9 Å². The Bertz CT molecular complexity index is 363. The van der Waals surface area contributed by atoms with Crippen molar-refractivity contribution < 1.29 is 0 Å². The molecule has 0 aliphatic carbocycles. The molecular weight excluding hydrogens is 232 g/mol. The normalized spacial score (nSPS) is 25.6. The highest BCUT2D eigenvalue weighted by Crippen LogP contribution is 2.32. The molecule has 0 amide bonds. The van der Waals surface area contributed by atoms with Crippen LogP contribution in [0.25, 0.3) is 0 Å². The molecule has 2 nitrogen and oxygen atoms in total. The average molecular weight is 260 g/mol. The number of benzene rings is 1. The molecule has 106 valence electrons. The minimum Gasteiger partial charge on any atom is -0.330 e. The topological polar surface area (TPSA) is 29.3 Å². The van der Waals surface area contributed by atoms with Crippen LogP contribution in [-0.2, 0) is 6.54 Å². The van der Waals surface area contributed by atoms with E-state index in [2.05, 4.69) is 49.1 Å². The third-order valence-electron chi connectivity index (χ3n) is 4.59. The van der Waals surface area contributed by atoms with Crippen molar-refractivity contribution in [1.29, 1.82) is 0 Å². The highest BCUT2D eigenvalue weighted by atomic mass is 15.2. The summed E-state index contributed by atoms with van der Waals surface area (Å²) in [7, 11) is 0. The van der Waals surface area contributed by atoms with Crippen LogP contribution in [0.3, 0.4) is 0 Å². The first kappa shape index (κ1) is 14.5. The van der Waals surface area contributed by atoms with Crippen molar-refractivity contribution in [2.75, 3.05) is 19.6 Å². The molecule has 1 aliphatic rings. The lowest BCUT2D eigenvalue weighted by Gasteiger charge is -2.22. The maximum atomic E-state index is 5.63. The van der Waals surface area contributed by atoms with Crippen LogP contribution < -0.4 is 5.73 Å². The molecule has 19 heavy (non-hydrogen) atoms. The zero-order chi connectivity index (χ0) is 13.7. The standard InChI is InChI=1S/C17H28N2/c1-14(7-6-10-18)17-13-19(11-15(17)2)12-16-8-4-3-5-9-16/h3-5,8-9,14-15,17H,6-7,10-13,18H2,1-2H3. The van der Waals surface area contributed by atoms with Gasteiger partial charge in [-0.05, 0) is 42.7 Å². The Labute approximate surface area is 118 Å². The fourth-order valence-electron chi connectivity index (χ4n) is 3.46. The van der Waals surface area contributed by atoms with Crippen molar-refractivity contribution in [3.8, 4) is 0 Å². The second-order valence-corrected chi connectivity index (χ2v) is 6.23. The minimum atomic E-state index is 0.805. The van der Waals surface area contributed by atoms with Crippen LogP contribution in [0.4, 0.5) is 0 Å². The Balaban J connectivity index is 1.86. The number of hydrogen-bond acceptors (Lipinski definition) is 2. The van der Waals surface area contributed by atoms with Gasteiger partial charge in [-0.2, -0.15) is 0 Å². The zero-order valence-corrected chi connectivity index (χ0v) is 12.4. The second kappa shape index (κ2) is 7.06. The molecule has 1 aromatic rings.